The van der Waals surface area contributed by atoms with E-state index in [9.17, 15) is 9.59 Å². The molecule has 1 atom stereocenters. The molecule has 1 rings (SSSR count). The van der Waals surface area contributed by atoms with E-state index in [2.05, 4.69) is 11.9 Å². The van der Waals surface area contributed by atoms with E-state index < -0.39 is 12.1 Å². The third kappa shape index (κ3) is 5.42. The van der Waals surface area contributed by atoms with Gasteiger partial charge in [0.2, 0.25) is 5.91 Å². The molecule has 0 aromatic carbocycles. The van der Waals surface area contributed by atoms with Gasteiger partial charge >= 0.3 is 5.97 Å². The summed E-state index contributed by atoms with van der Waals surface area (Å²) in [5.41, 5.74) is 0. The molecule has 1 amide bonds. The fourth-order valence-electron chi connectivity index (χ4n) is 2.21. The summed E-state index contributed by atoms with van der Waals surface area (Å²) in [4.78, 5) is 22.7. The van der Waals surface area contributed by atoms with Crippen molar-refractivity contribution in [1.29, 1.82) is 0 Å². The van der Waals surface area contributed by atoms with Crippen molar-refractivity contribution in [1.82, 2.24) is 5.32 Å². The smallest absolute Gasteiger partial charge is 0.306 e. The molecule has 1 fully saturated rings. The number of rotatable bonds is 7. The van der Waals surface area contributed by atoms with Gasteiger partial charge in [0.05, 0.1) is 12.5 Å². The van der Waals surface area contributed by atoms with Crippen LogP contribution in [0.4, 0.5) is 0 Å². The van der Waals surface area contributed by atoms with Gasteiger partial charge in [-0.2, -0.15) is 0 Å². The molecule has 0 bridgehead atoms. The first-order chi connectivity index (χ1) is 9.04. The Bertz CT molecular complexity index is 321. The molecule has 0 saturated heterocycles. The van der Waals surface area contributed by atoms with Crippen molar-refractivity contribution in [2.24, 2.45) is 5.92 Å². The van der Waals surface area contributed by atoms with Crippen LogP contribution >= 0.6 is 0 Å². The van der Waals surface area contributed by atoms with E-state index in [1.54, 1.807) is 13.0 Å². The summed E-state index contributed by atoms with van der Waals surface area (Å²) in [6.45, 7) is 5.80. The van der Waals surface area contributed by atoms with Gasteiger partial charge in [0, 0.05) is 6.04 Å². The summed E-state index contributed by atoms with van der Waals surface area (Å²) in [7, 11) is 0. The molecule has 1 saturated carbocycles. The summed E-state index contributed by atoms with van der Waals surface area (Å²) in [6.07, 6.45) is 4.71. The summed E-state index contributed by atoms with van der Waals surface area (Å²) < 4.78 is 5.37. The number of hydrogen-bond acceptors (Lipinski definition) is 3. The van der Waals surface area contributed by atoms with Crippen molar-refractivity contribution >= 4 is 11.9 Å². The molecule has 108 valence electrons. The molecule has 1 aliphatic carbocycles. The highest BCUT2D eigenvalue weighted by molar-refractivity contribution is 5.80. The average molecular weight is 269 g/mol. The van der Waals surface area contributed by atoms with Crippen LogP contribution in [0.3, 0.4) is 0 Å². The number of amides is 1. The minimum atomic E-state index is -0.731. The number of carboxylic acids is 1. The van der Waals surface area contributed by atoms with Crippen LogP contribution in [0.2, 0.25) is 0 Å². The first-order valence-electron chi connectivity index (χ1n) is 6.80. The fourth-order valence-corrected chi connectivity index (χ4v) is 2.21. The Labute approximate surface area is 114 Å². The molecule has 5 heteroatoms. The molecule has 19 heavy (non-hydrogen) atoms. The van der Waals surface area contributed by atoms with Gasteiger partial charge in [0.25, 0.3) is 0 Å². The lowest BCUT2D eigenvalue weighted by Gasteiger charge is -2.27. The second-order valence-corrected chi connectivity index (χ2v) is 4.99. The second-order valence-electron chi connectivity index (χ2n) is 4.99. The molecule has 5 nitrogen and oxygen atoms in total. The lowest BCUT2D eigenvalue weighted by molar-refractivity contribution is -0.143. The predicted molar refractivity (Wildman–Crippen MR) is 71.8 cm³/mol. The zero-order valence-electron chi connectivity index (χ0n) is 11.4. The van der Waals surface area contributed by atoms with E-state index in [0.717, 1.165) is 19.3 Å². The predicted octanol–water partition coefficient (Wildman–Crippen LogP) is 1.73. The minimum Gasteiger partial charge on any atom is -0.481 e. The first-order valence-corrected chi connectivity index (χ1v) is 6.80. The van der Waals surface area contributed by atoms with E-state index in [-0.39, 0.29) is 17.9 Å². The topological polar surface area (TPSA) is 75.6 Å². The number of nitrogens with one attached hydrogen (secondary N) is 1. The Balaban J connectivity index is 2.26. The van der Waals surface area contributed by atoms with Crippen molar-refractivity contribution in [2.75, 3.05) is 6.61 Å². The Morgan fingerprint density at radius 2 is 2.05 bits per heavy atom. The standard InChI is InChI=1S/C14H23NO4/c1-3-4-9-19-10(2)13(16)15-12-7-5-11(6-8-12)14(17)18/h3,10-12H,1,4-9H2,2H3,(H,15,16)(H,17,18). The fraction of sp³-hybridized carbons (Fsp3) is 0.714. The van der Waals surface area contributed by atoms with E-state index in [1.807, 2.05) is 0 Å². The third-order valence-electron chi connectivity index (χ3n) is 3.48. The van der Waals surface area contributed by atoms with Crippen LogP contribution in [-0.2, 0) is 14.3 Å². The van der Waals surface area contributed by atoms with E-state index in [0.29, 0.717) is 19.4 Å². The summed E-state index contributed by atoms with van der Waals surface area (Å²) in [5, 5.41) is 11.8. The first kappa shape index (κ1) is 15.7. The molecule has 1 aliphatic rings. The third-order valence-corrected chi connectivity index (χ3v) is 3.48. The van der Waals surface area contributed by atoms with Crippen LogP contribution in [0.15, 0.2) is 12.7 Å². The number of carbonyl (C=O) groups is 2. The Hall–Kier alpha value is -1.36. The SMILES string of the molecule is C=CCCOC(C)C(=O)NC1CCC(C(=O)O)CC1. The monoisotopic (exact) mass is 269 g/mol. The van der Waals surface area contributed by atoms with Crippen molar-refractivity contribution < 1.29 is 19.4 Å². The largest absolute Gasteiger partial charge is 0.481 e. The zero-order valence-corrected chi connectivity index (χ0v) is 11.4. The maximum Gasteiger partial charge on any atom is 0.306 e. The van der Waals surface area contributed by atoms with Gasteiger partial charge in [-0.1, -0.05) is 6.08 Å². The molecule has 0 aromatic heterocycles. The molecular formula is C14H23NO4. The Kier molecular flexibility index (Phi) is 6.56. The maximum absolute atomic E-state index is 11.8. The highest BCUT2D eigenvalue weighted by Crippen LogP contribution is 2.24. The molecule has 1 unspecified atom stereocenters. The van der Waals surface area contributed by atoms with Crippen LogP contribution in [0.25, 0.3) is 0 Å². The van der Waals surface area contributed by atoms with Crippen LogP contribution in [0.5, 0.6) is 0 Å². The summed E-state index contributed by atoms with van der Waals surface area (Å²) >= 11 is 0. The summed E-state index contributed by atoms with van der Waals surface area (Å²) in [6, 6.07) is 0.0774. The molecule has 2 N–H and O–H groups in total. The van der Waals surface area contributed by atoms with Crippen LogP contribution in [0.1, 0.15) is 39.0 Å². The van der Waals surface area contributed by atoms with Gasteiger partial charge in [-0.3, -0.25) is 9.59 Å². The van der Waals surface area contributed by atoms with Crippen molar-refractivity contribution in [3.8, 4) is 0 Å². The molecule has 0 aromatic rings. The molecule has 0 aliphatic heterocycles. The lowest BCUT2D eigenvalue weighted by Crippen LogP contribution is -2.43. The van der Waals surface area contributed by atoms with Crippen LogP contribution < -0.4 is 5.32 Å². The highest BCUT2D eigenvalue weighted by atomic mass is 16.5. The van der Waals surface area contributed by atoms with Gasteiger partial charge in [-0.05, 0) is 39.0 Å². The highest BCUT2D eigenvalue weighted by Gasteiger charge is 2.27. The lowest BCUT2D eigenvalue weighted by atomic mass is 9.86. The normalized spacial score (nSPS) is 24.5. The minimum absolute atomic E-state index is 0.0774. The van der Waals surface area contributed by atoms with Gasteiger partial charge < -0.3 is 15.2 Å². The van der Waals surface area contributed by atoms with Crippen molar-refractivity contribution in [3.05, 3.63) is 12.7 Å². The number of aliphatic carboxylic acids is 1. The van der Waals surface area contributed by atoms with Crippen LogP contribution in [-0.4, -0.2) is 35.7 Å². The molecule has 0 spiro atoms. The number of carboxylic acid groups (broad SMARTS) is 1. The molecule has 0 radical (unpaired) electrons. The zero-order chi connectivity index (χ0) is 14.3. The molecular weight excluding hydrogens is 246 g/mol. The van der Waals surface area contributed by atoms with Gasteiger partial charge in [0.15, 0.2) is 0 Å². The van der Waals surface area contributed by atoms with Crippen LogP contribution in [0, 0.1) is 5.92 Å². The Morgan fingerprint density at radius 3 is 2.58 bits per heavy atom. The summed E-state index contributed by atoms with van der Waals surface area (Å²) in [5.74, 6) is -1.11. The second kappa shape index (κ2) is 7.94. The Morgan fingerprint density at radius 1 is 1.42 bits per heavy atom. The molecule has 0 heterocycles. The quantitative estimate of drug-likeness (QED) is 0.545. The number of carbonyl (C=O) groups excluding carboxylic acids is 1. The van der Waals surface area contributed by atoms with Gasteiger partial charge in [-0.15, -0.1) is 6.58 Å². The van der Waals surface area contributed by atoms with E-state index in [1.165, 1.54) is 0 Å². The number of hydrogen-bond donors (Lipinski definition) is 2. The van der Waals surface area contributed by atoms with Crippen molar-refractivity contribution in [3.63, 3.8) is 0 Å². The van der Waals surface area contributed by atoms with Crippen molar-refractivity contribution in [2.45, 2.75) is 51.2 Å². The van der Waals surface area contributed by atoms with E-state index >= 15 is 0 Å². The van der Waals surface area contributed by atoms with Gasteiger partial charge in [0.1, 0.15) is 6.10 Å². The number of ether oxygens (including phenoxy) is 1. The van der Waals surface area contributed by atoms with Gasteiger partial charge in [-0.25, -0.2) is 0 Å². The van der Waals surface area contributed by atoms with E-state index in [4.69, 9.17) is 9.84 Å². The maximum atomic E-state index is 11.8. The average Bonchev–Trinajstić information content (AvgIpc) is 2.39.